The lowest BCUT2D eigenvalue weighted by Crippen LogP contribution is -2.45. The van der Waals surface area contributed by atoms with Crippen LogP contribution in [-0.4, -0.2) is 76.1 Å². The molecule has 0 unspecified atom stereocenters. The van der Waals surface area contributed by atoms with E-state index >= 15 is 0 Å². The number of nitro groups is 1. The Hall–Kier alpha value is -2.88. The van der Waals surface area contributed by atoms with Crippen molar-refractivity contribution in [2.24, 2.45) is 0 Å². The number of hydrogen-bond donors (Lipinski definition) is 2. The number of nitro benzene ring substituents is 1. The summed E-state index contributed by atoms with van der Waals surface area (Å²) in [4.78, 5) is 39.1. The van der Waals surface area contributed by atoms with Crippen LogP contribution in [0.15, 0.2) is 30.3 Å². The van der Waals surface area contributed by atoms with Gasteiger partial charge in [-0.2, -0.15) is 0 Å². The summed E-state index contributed by atoms with van der Waals surface area (Å²) < 4.78 is 0. The molecule has 1 heterocycles. The van der Waals surface area contributed by atoms with Crippen LogP contribution in [0.4, 0.5) is 5.69 Å². The third-order valence-corrected chi connectivity index (χ3v) is 4.60. The molecule has 0 atom stereocenters. The Kier molecular flexibility index (Phi) is 5.45. The number of benzene rings is 2. The zero-order valence-electron chi connectivity index (χ0n) is 14.5. The first kappa shape index (κ1) is 18.9. The summed E-state index contributed by atoms with van der Waals surface area (Å²) >= 11 is 0. The molecule has 0 aliphatic carbocycles. The summed E-state index contributed by atoms with van der Waals surface area (Å²) in [6.45, 7) is 0.699. The summed E-state index contributed by atoms with van der Waals surface area (Å²) in [5.74, 6) is -1.04. The van der Waals surface area contributed by atoms with E-state index in [1.807, 2.05) is 0 Å². The van der Waals surface area contributed by atoms with E-state index in [9.17, 15) is 19.7 Å². The summed E-state index contributed by atoms with van der Waals surface area (Å²) in [5.41, 5.74) is 0.248. The average Bonchev–Trinajstić information content (AvgIpc) is 2.65. The maximum Gasteiger partial charge on any atom is 0.270 e. The van der Waals surface area contributed by atoms with Gasteiger partial charge in [0.1, 0.15) is 0 Å². The number of aliphatic hydroxyl groups is 2. The van der Waals surface area contributed by atoms with E-state index in [4.69, 9.17) is 10.2 Å². The second-order valence-corrected chi connectivity index (χ2v) is 6.20. The number of amides is 2. The van der Waals surface area contributed by atoms with Gasteiger partial charge in [-0.05, 0) is 11.5 Å². The van der Waals surface area contributed by atoms with Crippen LogP contribution >= 0.6 is 0 Å². The topological polar surface area (TPSA) is 124 Å². The van der Waals surface area contributed by atoms with Crippen LogP contribution in [0, 0.1) is 10.1 Å². The van der Waals surface area contributed by atoms with Gasteiger partial charge in [0.15, 0.2) is 0 Å². The lowest BCUT2D eigenvalue weighted by molar-refractivity contribution is -0.384. The van der Waals surface area contributed by atoms with E-state index < -0.39 is 16.7 Å². The minimum Gasteiger partial charge on any atom is -0.395 e. The van der Waals surface area contributed by atoms with Crippen molar-refractivity contribution in [3.05, 3.63) is 51.6 Å². The molecule has 27 heavy (non-hydrogen) atoms. The van der Waals surface area contributed by atoms with Crippen molar-refractivity contribution in [3.8, 4) is 0 Å². The number of hydrogen-bond acceptors (Lipinski definition) is 7. The van der Waals surface area contributed by atoms with E-state index in [1.54, 1.807) is 23.1 Å². The first-order valence-corrected chi connectivity index (χ1v) is 8.49. The van der Waals surface area contributed by atoms with Gasteiger partial charge in [-0.1, -0.05) is 12.1 Å². The fourth-order valence-electron chi connectivity index (χ4n) is 3.31. The molecule has 0 radical (unpaired) electrons. The standard InChI is InChI=1S/C18H19N3O6/c22-8-6-19(7-9-23)4-5-20-17(24)14-3-1-2-12-10-13(21(26)27)11-15(16(12)14)18(20)25/h1-3,10-11,22-23H,4-9H2. The molecule has 2 aromatic carbocycles. The van der Waals surface area contributed by atoms with E-state index in [-0.39, 0.29) is 37.6 Å². The van der Waals surface area contributed by atoms with Crippen molar-refractivity contribution in [2.45, 2.75) is 0 Å². The van der Waals surface area contributed by atoms with Crippen LogP contribution in [0.3, 0.4) is 0 Å². The minimum absolute atomic E-state index is 0.0518. The highest BCUT2D eigenvalue weighted by atomic mass is 16.6. The van der Waals surface area contributed by atoms with Crippen molar-refractivity contribution < 1.29 is 24.7 Å². The molecule has 1 aliphatic rings. The Labute approximate surface area is 154 Å². The van der Waals surface area contributed by atoms with E-state index in [1.165, 1.54) is 12.1 Å². The van der Waals surface area contributed by atoms with E-state index in [0.29, 0.717) is 29.4 Å². The number of aliphatic hydroxyl groups excluding tert-OH is 2. The van der Waals surface area contributed by atoms with Gasteiger partial charge >= 0.3 is 0 Å². The fourth-order valence-corrected chi connectivity index (χ4v) is 3.31. The third kappa shape index (κ3) is 3.52. The Bertz CT molecular complexity index is 907. The quantitative estimate of drug-likeness (QED) is 0.395. The maximum atomic E-state index is 12.9. The molecular formula is C18H19N3O6. The van der Waals surface area contributed by atoms with Crippen LogP contribution in [0.2, 0.25) is 0 Å². The molecule has 1 aliphatic heterocycles. The SMILES string of the molecule is O=C1c2cccc3cc([N+](=O)[O-])cc(c23)C(=O)N1CCN(CCO)CCO. The van der Waals surface area contributed by atoms with Crippen LogP contribution in [0.5, 0.6) is 0 Å². The van der Waals surface area contributed by atoms with Gasteiger partial charge in [-0.3, -0.25) is 29.5 Å². The fraction of sp³-hybridized carbons (Fsp3) is 0.333. The maximum absolute atomic E-state index is 12.9. The molecule has 0 spiro atoms. The molecule has 0 saturated heterocycles. The highest BCUT2D eigenvalue weighted by molar-refractivity contribution is 6.25. The van der Waals surface area contributed by atoms with Crippen molar-refractivity contribution in [3.63, 3.8) is 0 Å². The first-order valence-electron chi connectivity index (χ1n) is 8.49. The van der Waals surface area contributed by atoms with Crippen molar-refractivity contribution >= 4 is 28.3 Å². The smallest absolute Gasteiger partial charge is 0.270 e. The molecule has 2 amide bonds. The predicted molar refractivity (Wildman–Crippen MR) is 96.6 cm³/mol. The van der Waals surface area contributed by atoms with Gasteiger partial charge in [0, 0.05) is 49.3 Å². The molecule has 0 fully saturated rings. The molecule has 9 heteroatoms. The zero-order chi connectivity index (χ0) is 19.6. The summed E-state index contributed by atoms with van der Waals surface area (Å²) in [7, 11) is 0. The molecule has 2 aromatic rings. The monoisotopic (exact) mass is 373 g/mol. The van der Waals surface area contributed by atoms with Gasteiger partial charge < -0.3 is 10.2 Å². The number of carbonyl (C=O) groups excluding carboxylic acids is 2. The van der Waals surface area contributed by atoms with Crippen LogP contribution < -0.4 is 0 Å². The van der Waals surface area contributed by atoms with Crippen molar-refractivity contribution in [2.75, 3.05) is 39.4 Å². The Morgan fingerprint density at radius 1 is 1.00 bits per heavy atom. The third-order valence-electron chi connectivity index (χ3n) is 4.60. The van der Waals surface area contributed by atoms with Gasteiger partial charge in [0.25, 0.3) is 17.5 Å². The minimum atomic E-state index is -0.583. The molecular weight excluding hydrogens is 354 g/mol. The second-order valence-electron chi connectivity index (χ2n) is 6.20. The van der Waals surface area contributed by atoms with Gasteiger partial charge in [-0.25, -0.2) is 0 Å². The van der Waals surface area contributed by atoms with E-state index in [0.717, 1.165) is 4.90 Å². The van der Waals surface area contributed by atoms with Crippen LogP contribution in [0.25, 0.3) is 10.8 Å². The predicted octanol–water partition coefficient (Wildman–Crippen LogP) is 0.631. The molecule has 2 N–H and O–H groups in total. The largest absolute Gasteiger partial charge is 0.395 e. The molecule has 0 saturated carbocycles. The summed E-state index contributed by atoms with van der Waals surface area (Å²) in [5, 5.41) is 30.3. The van der Waals surface area contributed by atoms with Crippen molar-refractivity contribution in [1.29, 1.82) is 0 Å². The first-order chi connectivity index (χ1) is 13.0. The molecule has 142 valence electrons. The number of imide groups is 1. The second kappa shape index (κ2) is 7.78. The Morgan fingerprint density at radius 3 is 2.30 bits per heavy atom. The number of nitrogens with zero attached hydrogens (tertiary/aromatic N) is 3. The number of rotatable bonds is 8. The highest BCUT2D eigenvalue weighted by Crippen LogP contribution is 2.33. The summed E-state index contributed by atoms with van der Waals surface area (Å²) in [6, 6.07) is 7.41. The zero-order valence-corrected chi connectivity index (χ0v) is 14.5. The summed E-state index contributed by atoms with van der Waals surface area (Å²) in [6.07, 6.45) is 0. The lowest BCUT2D eigenvalue weighted by atomic mass is 9.93. The van der Waals surface area contributed by atoms with Crippen LogP contribution in [-0.2, 0) is 0 Å². The van der Waals surface area contributed by atoms with Crippen LogP contribution in [0.1, 0.15) is 20.7 Å². The van der Waals surface area contributed by atoms with Gasteiger partial charge in [0.05, 0.1) is 23.7 Å². The molecule has 0 bridgehead atoms. The average molecular weight is 373 g/mol. The molecule has 9 nitrogen and oxygen atoms in total. The van der Waals surface area contributed by atoms with Crippen molar-refractivity contribution in [1.82, 2.24) is 9.80 Å². The number of non-ortho nitro benzene ring substituents is 1. The van der Waals surface area contributed by atoms with Gasteiger partial charge in [-0.15, -0.1) is 0 Å². The van der Waals surface area contributed by atoms with E-state index in [2.05, 4.69) is 0 Å². The Morgan fingerprint density at radius 2 is 1.67 bits per heavy atom. The molecule has 3 rings (SSSR count). The molecule has 0 aromatic heterocycles. The highest BCUT2D eigenvalue weighted by Gasteiger charge is 2.34. The normalized spacial score (nSPS) is 13.7. The van der Waals surface area contributed by atoms with Gasteiger partial charge in [0.2, 0.25) is 0 Å². The lowest BCUT2D eigenvalue weighted by Gasteiger charge is -2.29. The Balaban J connectivity index is 1.97. The number of carbonyl (C=O) groups is 2.